The second kappa shape index (κ2) is 7.56. The molecule has 0 saturated carbocycles. The van der Waals surface area contributed by atoms with Gasteiger partial charge in [0, 0.05) is 24.1 Å². The lowest BCUT2D eigenvalue weighted by Crippen LogP contribution is -2.17. The minimum Gasteiger partial charge on any atom is -0.327 e. The standard InChI is InChI=1S/C22H26N4/c1-5-26(19-9-7-6-8-10-19)20-15-16-23-21(25-20)24-18-13-11-17(12-14-18)22(2,3)4/h6-16H,5H2,1-4H3,(H,23,24,25). The number of benzene rings is 2. The largest absolute Gasteiger partial charge is 0.327 e. The fraction of sp³-hybridized carbons (Fsp3) is 0.273. The van der Waals surface area contributed by atoms with Gasteiger partial charge in [0.25, 0.3) is 0 Å². The van der Waals surface area contributed by atoms with E-state index in [2.05, 4.69) is 79.3 Å². The quantitative estimate of drug-likeness (QED) is 0.645. The Morgan fingerprint density at radius 3 is 2.23 bits per heavy atom. The van der Waals surface area contributed by atoms with E-state index in [1.807, 2.05) is 24.3 Å². The molecule has 0 atom stereocenters. The minimum absolute atomic E-state index is 0.145. The molecule has 0 radical (unpaired) electrons. The second-order valence-electron chi connectivity index (χ2n) is 7.27. The Morgan fingerprint density at radius 2 is 1.62 bits per heavy atom. The van der Waals surface area contributed by atoms with Crippen molar-refractivity contribution < 1.29 is 0 Å². The highest BCUT2D eigenvalue weighted by Gasteiger charge is 2.13. The molecule has 2 aromatic carbocycles. The Morgan fingerprint density at radius 1 is 0.923 bits per heavy atom. The Kier molecular flexibility index (Phi) is 5.21. The van der Waals surface area contributed by atoms with E-state index >= 15 is 0 Å². The lowest BCUT2D eigenvalue weighted by atomic mass is 9.87. The van der Waals surface area contributed by atoms with Gasteiger partial charge in [-0.3, -0.25) is 0 Å². The topological polar surface area (TPSA) is 41.1 Å². The van der Waals surface area contributed by atoms with Crippen molar-refractivity contribution in [2.45, 2.75) is 33.1 Å². The SMILES string of the molecule is CCN(c1ccccc1)c1ccnc(Nc2ccc(C(C)(C)C)cc2)n1. The highest BCUT2D eigenvalue weighted by atomic mass is 15.2. The van der Waals surface area contributed by atoms with Crippen LogP contribution >= 0.6 is 0 Å². The van der Waals surface area contributed by atoms with E-state index in [0.29, 0.717) is 5.95 Å². The fourth-order valence-electron chi connectivity index (χ4n) is 2.83. The molecule has 0 aliphatic heterocycles. The van der Waals surface area contributed by atoms with Crippen LogP contribution in [0.25, 0.3) is 0 Å². The van der Waals surface area contributed by atoms with Crippen LogP contribution in [0, 0.1) is 0 Å². The van der Waals surface area contributed by atoms with Crippen LogP contribution in [-0.4, -0.2) is 16.5 Å². The fourth-order valence-corrected chi connectivity index (χ4v) is 2.83. The molecule has 0 amide bonds. The molecule has 3 rings (SSSR count). The summed E-state index contributed by atoms with van der Waals surface area (Å²) >= 11 is 0. The summed E-state index contributed by atoms with van der Waals surface area (Å²) < 4.78 is 0. The zero-order valence-corrected chi connectivity index (χ0v) is 15.9. The second-order valence-corrected chi connectivity index (χ2v) is 7.27. The molecule has 0 spiro atoms. The number of nitrogens with zero attached hydrogens (tertiary/aromatic N) is 3. The van der Waals surface area contributed by atoms with Crippen LogP contribution in [-0.2, 0) is 5.41 Å². The predicted molar refractivity (Wildman–Crippen MR) is 110 cm³/mol. The first-order chi connectivity index (χ1) is 12.5. The average Bonchev–Trinajstić information content (AvgIpc) is 2.63. The number of nitrogens with one attached hydrogen (secondary N) is 1. The van der Waals surface area contributed by atoms with Gasteiger partial charge in [0.2, 0.25) is 5.95 Å². The monoisotopic (exact) mass is 346 g/mol. The Hall–Kier alpha value is -2.88. The molecule has 3 aromatic rings. The van der Waals surface area contributed by atoms with Crippen LogP contribution in [0.2, 0.25) is 0 Å². The number of anilines is 4. The van der Waals surface area contributed by atoms with Gasteiger partial charge in [-0.05, 0) is 48.2 Å². The van der Waals surface area contributed by atoms with Crippen LogP contribution < -0.4 is 10.2 Å². The van der Waals surface area contributed by atoms with Crippen molar-refractivity contribution >= 4 is 23.1 Å². The molecule has 1 aromatic heterocycles. The summed E-state index contributed by atoms with van der Waals surface area (Å²) in [5, 5.41) is 3.30. The van der Waals surface area contributed by atoms with Crippen LogP contribution in [0.3, 0.4) is 0 Å². The van der Waals surface area contributed by atoms with Crippen LogP contribution in [0.1, 0.15) is 33.3 Å². The zero-order chi connectivity index (χ0) is 18.6. The van der Waals surface area contributed by atoms with E-state index in [0.717, 1.165) is 23.7 Å². The van der Waals surface area contributed by atoms with E-state index in [-0.39, 0.29) is 5.41 Å². The minimum atomic E-state index is 0.145. The van der Waals surface area contributed by atoms with Crippen molar-refractivity contribution in [3.05, 3.63) is 72.4 Å². The van der Waals surface area contributed by atoms with Gasteiger partial charge in [-0.2, -0.15) is 4.98 Å². The van der Waals surface area contributed by atoms with Gasteiger partial charge < -0.3 is 10.2 Å². The summed E-state index contributed by atoms with van der Waals surface area (Å²) in [6.45, 7) is 9.59. The van der Waals surface area contributed by atoms with Gasteiger partial charge >= 0.3 is 0 Å². The van der Waals surface area contributed by atoms with Crippen molar-refractivity contribution in [3.63, 3.8) is 0 Å². The average molecular weight is 346 g/mol. The highest BCUT2D eigenvalue weighted by Crippen LogP contribution is 2.26. The number of rotatable bonds is 5. The van der Waals surface area contributed by atoms with Crippen molar-refractivity contribution in [1.82, 2.24) is 9.97 Å². The number of hydrogen-bond donors (Lipinski definition) is 1. The molecule has 1 N–H and O–H groups in total. The third-order valence-corrected chi connectivity index (χ3v) is 4.31. The molecule has 4 heteroatoms. The first kappa shape index (κ1) is 17.9. The van der Waals surface area contributed by atoms with Gasteiger partial charge in [-0.25, -0.2) is 4.98 Å². The molecule has 4 nitrogen and oxygen atoms in total. The molecule has 0 unspecified atom stereocenters. The molecule has 0 aliphatic carbocycles. The maximum Gasteiger partial charge on any atom is 0.229 e. The first-order valence-electron chi connectivity index (χ1n) is 9.00. The van der Waals surface area contributed by atoms with E-state index in [9.17, 15) is 0 Å². The van der Waals surface area contributed by atoms with E-state index in [1.165, 1.54) is 5.56 Å². The number of hydrogen-bond acceptors (Lipinski definition) is 4. The molecule has 0 aliphatic rings. The molecule has 0 bridgehead atoms. The summed E-state index contributed by atoms with van der Waals surface area (Å²) in [5.74, 6) is 1.47. The zero-order valence-electron chi connectivity index (χ0n) is 15.9. The molecular weight excluding hydrogens is 320 g/mol. The van der Waals surface area contributed by atoms with E-state index in [4.69, 9.17) is 4.98 Å². The summed E-state index contributed by atoms with van der Waals surface area (Å²) in [4.78, 5) is 11.2. The normalized spacial score (nSPS) is 11.2. The van der Waals surface area contributed by atoms with E-state index < -0.39 is 0 Å². The summed E-state index contributed by atoms with van der Waals surface area (Å²) in [6.07, 6.45) is 1.79. The Balaban J connectivity index is 1.81. The highest BCUT2D eigenvalue weighted by molar-refractivity contribution is 5.62. The van der Waals surface area contributed by atoms with Gasteiger partial charge in [0.15, 0.2) is 0 Å². The molecule has 0 saturated heterocycles. The smallest absolute Gasteiger partial charge is 0.229 e. The van der Waals surface area contributed by atoms with Crippen LogP contribution in [0.15, 0.2) is 66.9 Å². The third-order valence-electron chi connectivity index (χ3n) is 4.31. The molecule has 26 heavy (non-hydrogen) atoms. The molecule has 134 valence electrons. The van der Waals surface area contributed by atoms with Crippen molar-refractivity contribution in [2.24, 2.45) is 0 Å². The lowest BCUT2D eigenvalue weighted by Gasteiger charge is -2.22. The molecule has 1 heterocycles. The molecular formula is C22H26N4. The summed E-state index contributed by atoms with van der Waals surface area (Å²) in [5.41, 5.74) is 3.55. The Bertz CT molecular complexity index is 836. The Labute approximate surface area is 155 Å². The number of para-hydroxylation sites is 1. The van der Waals surface area contributed by atoms with Crippen LogP contribution in [0.4, 0.5) is 23.1 Å². The lowest BCUT2D eigenvalue weighted by molar-refractivity contribution is 0.590. The van der Waals surface area contributed by atoms with Gasteiger partial charge in [-0.15, -0.1) is 0 Å². The van der Waals surface area contributed by atoms with Crippen molar-refractivity contribution in [2.75, 3.05) is 16.8 Å². The maximum atomic E-state index is 4.69. The van der Waals surface area contributed by atoms with Crippen molar-refractivity contribution in [3.8, 4) is 0 Å². The van der Waals surface area contributed by atoms with Gasteiger partial charge in [-0.1, -0.05) is 51.1 Å². The predicted octanol–water partition coefficient (Wildman–Crippen LogP) is 5.68. The van der Waals surface area contributed by atoms with E-state index in [1.54, 1.807) is 6.20 Å². The van der Waals surface area contributed by atoms with Crippen molar-refractivity contribution in [1.29, 1.82) is 0 Å². The maximum absolute atomic E-state index is 4.69. The molecule has 0 fully saturated rings. The van der Waals surface area contributed by atoms with Gasteiger partial charge in [0.1, 0.15) is 5.82 Å². The number of aromatic nitrogens is 2. The summed E-state index contributed by atoms with van der Waals surface area (Å²) in [7, 11) is 0. The van der Waals surface area contributed by atoms with Crippen LogP contribution in [0.5, 0.6) is 0 Å². The third kappa shape index (κ3) is 4.20. The van der Waals surface area contributed by atoms with Gasteiger partial charge in [0.05, 0.1) is 0 Å². The first-order valence-corrected chi connectivity index (χ1v) is 9.00. The summed E-state index contributed by atoms with van der Waals surface area (Å²) in [6, 6.07) is 20.6.